The summed E-state index contributed by atoms with van der Waals surface area (Å²) in [5.74, 6) is 0.276. The Labute approximate surface area is 185 Å². The largest absolute Gasteiger partial charge is 0.359 e. The fourth-order valence-corrected chi connectivity index (χ4v) is 3.50. The maximum Gasteiger partial charge on any atom is 0.252 e. The van der Waals surface area contributed by atoms with Crippen molar-refractivity contribution in [2.45, 2.75) is 19.4 Å². The Bertz CT molecular complexity index is 1070. The standard InChI is InChI=1S/C23H22ClN5O2/c24-18-8-6-16(7-9-18)15-29-20-12-17(13-27-22(20)28-14-21(29)30)23(31)26-11-3-5-19-4-1-2-10-25-19/h1-2,4,6-10,12-13H,3,5,11,14-15H2,(H,26,31)(H,27,28). The van der Waals surface area contributed by atoms with Gasteiger partial charge < -0.3 is 15.5 Å². The minimum atomic E-state index is -0.221. The minimum Gasteiger partial charge on any atom is -0.359 e. The lowest BCUT2D eigenvalue weighted by atomic mass is 10.1. The maximum absolute atomic E-state index is 12.6. The van der Waals surface area contributed by atoms with Crippen LogP contribution in [-0.4, -0.2) is 34.9 Å². The Morgan fingerprint density at radius 2 is 2.00 bits per heavy atom. The zero-order valence-electron chi connectivity index (χ0n) is 16.8. The van der Waals surface area contributed by atoms with E-state index >= 15 is 0 Å². The van der Waals surface area contributed by atoms with Gasteiger partial charge in [0.25, 0.3) is 5.91 Å². The SMILES string of the molecule is O=C(NCCCc1ccccn1)c1cnc2c(c1)N(Cc1ccc(Cl)cc1)C(=O)CN2. The molecule has 3 aromatic rings. The van der Waals surface area contributed by atoms with Gasteiger partial charge in [0.05, 0.1) is 24.3 Å². The number of rotatable bonds is 7. The second-order valence-electron chi connectivity index (χ2n) is 7.23. The van der Waals surface area contributed by atoms with Gasteiger partial charge in [0, 0.05) is 29.7 Å². The van der Waals surface area contributed by atoms with Crippen LogP contribution < -0.4 is 15.5 Å². The molecule has 0 fully saturated rings. The van der Waals surface area contributed by atoms with E-state index in [1.165, 1.54) is 6.20 Å². The number of nitrogens with zero attached hydrogens (tertiary/aromatic N) is 3. The molecule has 0 atom stereocenters. The number of carbonyl (C=O) groups is 2. The second-order valence-corrected chi connectivity index (χ2v) is 7.67. The van der Waals surface area contributed by atoms with Crippen LogP contribution in [0.4, 0.5) is 11.5 Å². The van der Waals surface area contributed by atoms with E-state index in [1.54, 1.807) is 29.3 Å². The molecule has 0 saturated carbocycles. The molecular formula is C23H22ClN5O2. The van der Waals surface area contributed by atoms with Crippen molar-refractivity contribution in [3.05, 3.63) is 82.8 Å². The summed E-state index contributed by atoms with van der Waals surface area (Å²) in [5, 5.41) is 6.56. The molecule has 3 heterocycles. The molecule has 0 unspecified atom stereocenters. The molecule has 0 aliphatic carbocycles. The van der Waals surface area contributed by atoms with Crippen LogP contribution in [0.2, 0.25) is 5.02 Å². The first-order chi connectivity index (χ1) is 15.1. The van der Waals surface area contributed by atoms with Gasteiger partial charge in [-0.2, -0.15) is 0 Å². The number of halogens is 1. The van der Waals surface area contributed by atoms with Gasteiger partial charge in [-0.1, -0.05) is 29.8 Å². The van der Waals surface area contributed by atoms with Crippen molar-refractivity contribution in [3.63, 3.8) is 0 Å². The smallest absolute Gasteiger partial charge is 0.252 e. The van der Waals surface area contributed by atoms with E-state index in [-0.39, 0.29) is 18.4 Å². The third kappa shape index (κ3) is 5.19. The quantitative estimate of drug-likeness (QED) is 0.555. The van der Waals surface area contributed by atoms with E-state index in [2.05, 4.69) is 20.6 Å². The average molecular weight is 436 g/mol. The van der Waals surface area contributed by atoms with Crippen LogP contribution in [0.1, 0.15) is 28.0 Å². The molecule has 0 spiro atoms. The van der Waals surface area contributed by atoms with Crippen LogP contribution in [0.3, 0.4) is 0 Å². The van der Waals surface area contributed by atoms with Gasteiger partial charge in [-0.25, -0.2) is 4.98 Å². The van der Waals surface area contributed by atoms with E-state index in [0.717, 1.165) is 24.1 Å². The molecule has 0 radical (unpaired) electrons. The Morgan fingerprint density at radius 3 is 2.77 bits per heavy atom. The molecule has 0 saturated heterocycles. The highest BCUT2D eigenvalue weighted by atomic mass is 35.5. The number of carbonyl (C=O) groups excluding carboxylic acids is 2. The van der Waals surface area contributed by atoms with Crippen LogP contribution in [0.5, 0.6) is 0 Å². The molecule has 31 heavy (non-hydrogen) atoms. The summed E-state index contributed by atoms with van der Waals surface area (Å²) in [4.78, 5) is 35.5. The number of anilines is 2. The van der Waals surface area contributed by atoms with E-state index in [0.29, 0.717) is 35.2 Å². The lowest BCUT2D eigenvalue weighted by Crippen LogP contribution is -2.40. The van der Waals surface area contributed by atoms with Crippen LogP contribution in [-0.2, 0) is 17.8 Å². The van der Waals surface area contributed by atoms with Crippen molar-refractivity contribution in [1.29, 1.82) is 0 Å². The molecule has 8 heteroatoms. The summed E-state index contributed by atoms with van der Waals surface area (Å²) in [6, 6.07) is 14.8. The summed E-state index contributed by atoms with van der Waals surface area (Å²) in [7, 11) is 0. The van der Waals surface area contributed by atoms with E-state index < -0.39 is 0 Å². The van der Waals surface area contributed by atoms with Crippen molar-refractivity contribution in [1.82, 2.24) is 15.3 Å². The number of aryl methyl sites for hydroxylation is 1. The molecule has 1 aliphatic rings. The summed E-state index contributed by atoms with van der Waals surface area (Å²) in [5.41, 5.74) is 2.94. The van der Waals surface area contributed by atoms with Crippen molar-refractivity contribution in [3.8, 4) is 0 Å². The van der Waals surface area contributed by atoms with E-state index in [9.17, 15) is 9.59 Å². The number of amides is 2. The molecule has 1 aliphatic heterocycles. The van der Waals surface area contributed by atoms with Crippen LogP contribution in [0.25, 0.3) is 0 Å². The maximum atomic E-state index is 12.6. The van der Waals surface area contributed by atoms with Gasteiger partial charge in [-0.15, -0.1) is 0 Å². The predicted octanol–water partition coefficient (Wildman–Crippen LogP) is 3.45. The predicted molar refractivity (Wildman–Crippen MR) is 120 cm³/mol. The number of aromatic nitrogens is 2. The van der Waals surface area contributed by atoms with Gasteiger partial charge in [0.1, 0.15) is 0 Å². The normalized spacial score (nSPS) is 12.8. The minimum absolute atomic E-state index is 0.0860. The molecular weight excluding hydrogens is 414 g/mol. The van der Waals surface area contributed by atoms with Gasteiger partial charge >= 0.3 is 0 Å². The van der Waals surface area contributed by atoms with E-state index in [1.807, 2.05) is 30.3 Å². The topological polar surface area (TPSA) is 87.2 Å². The third-order valence-corrected chi connectivity index (χ3v) is 5.26. The molecule has 2 amide bonds. The molecule has 0 bridgehead atoms. The molecule has 7 nitrogen and oxygen atoms in total. The zero-order valence-corrected chi connectivity index (χ0v) is 17.6. The Kier molecular flexibility index (Phi) is 6.43. The number of hydrogen-bond donors (Lipinski definition) is 2. The Balaban J connectivity index is 1.43. The Morgan fingerprint density at radius 1 is 1.16 bits per heavy atom. The number of fused-ring (bicyclic) bond motifs is 1. The van der Waals surface area contributed by atoms with Crippen molar-refractivity contribution in [2.75, 3.05) is 23.3 Å². The van der Waals surface area contributed by atoms with Crippen molar-refractivity contribution in [2.24, 2.45) is 0 Å². The first kappa shape index (κ1) is 20.8. The number of nitrogens with one attached hydrogen (secondary N) is 2. The molecule has 4 rings (SSSR count). The monoisotopic (exact) mass is 435 g/mol. The number of benzene rings is 1. The molecule has 2 N–H and O–H groups in total. The fraction of sp³-hybridized carbons (Fsp3) is 0.217. The second kappa shape index (κ2) is 9.57. The Hall–Kier alpha value is -3.45. The highest BCUT2D eigenvalue weighted by Gasteiger charge is 2.26. The molecule has 158 valence electrons. The zero-order chi connectivity index (χ0) is 21.6. The number of hydrogen-bond acceptors (Lipinski definition) is 5. The first-order valence-electron chi connectivity index (χ1n) is 10.1. The first-order valence-corrected chi connectivity index (χ1v) is 10.4. The molecule has 1 aromatic carbocycles. The van der Waals surface area contributed by atoms with Gasteiger partial charge in [-0.3, -0.25) is 14.6 Å². The van der Waals surface area contributed by atoms with Gasteiger partial charge in [-0.05, 0) is 48.7 Å². The van der Waals surface area contributed by atoms with E-state index in [4.69, 9.17) is 11.6 Å². The summed E-state index contributed by atoms with van der Waals surface area (Å²) in [6.45, 7) is 1.06. The van der Waals surface area contributed by atoms with Gasteiger partial charge in [0.2, 0.25) is 5.91 Å². The number of pyridine rings is 2. The average Bonchev–Trinajstić information content (AvgIpc) is 2.80. The van der Waals surface area contributed by atoms with Crippen molar-refractivity contribution < 1.29 is 9.59 Å². The molecule has 2 aromatic heterocycles. The summed E-state index contributed by atoms with van der Waals surface area (Å²) >= 11 is 5.96. The fourth-order valence-electron chi connectivity index (χ4n) is 3.37. The highest BCUT2D eigenvalue weighted by molar-refractivity contribution is 6.30. The van der Waals surface area contributed by atoms with Crippen LogP contribution >= 0.6 is 11.6 Å². The lowest BCUT2D eigenvalue weighted by Gasteiger charge is -2.29. The lowest BCUT2D eigenvalue weighted by molar-refractivity contribution is -0.117. The van der Waals surface area contributed by atoms with Gasteiger partial charge in [0.15, 0.2) is 5.82 Å². The summed E-state index contributed by atoms with van der Waals surface area (Å²) in [6.07, 6.45) is 4.86. The van der Waals surface area contributed by atoms with Crippen LogP contribution in [0.15, 0.2) is 60.9 Å². The van der Waals surface area contributed by atoms with Crippen molar-refractivity contribution >= 4 is 34.9 Å². The highest BCUT2D eigenvalue weighted by Crippen LogP contribution is 2.30. The summed E-state index contributed by atoms with van der Waals surface area (Å²) < 4.78 is 0. The third-order valence-electron chi connectivity index (χ3n) is 5.00. The van der Waals surface area contributed by atoms with Crippen LogP contribution in [0, 0.1) is 0 Å².